The maximum Gasteiger partial charge on any atom is 0.515 e. The quantitative estimate of drug-likeness (QED) is 0.164. The van der Waals surface area contributed by atoms with Crippen LogP contribution in [0.4, 0.5) is 4.79 Å². The van der Waals surface area contributed by atoms with Crippen LogP contribution in [-0.4, -0.2) is 17.7 Å². The highest BCUT2D eigenvalue weighted by molar-refractivity contribution is 5.89. The lowest BCUT2D eigenvalue weighted by atomic mass is 10.0. The summed E-state index contributed by atoms with van der Waals surface area (Å²) < 4.78 is 10.5. The van der Waals surface area contributed by atoms with Crippen molar-refractivity contribution in [2.24, 2.45) is 0 Å². The summed E-state index contributed by atoms with van der Waals surface area (Å²) >= 11 is 0. The zero-order valence-electron chi connectivity index (χ0n) is 22.2. The Bertz CT molecular complexity index is 811. The lowest BCUT2D eigenvalue weighted by molar-refractivity contribution is 0.102. The van der Waals surface area contributed by atoms with E-state index in [4.69, 9.17) is 9.47 Å². The highest BCUT2D eigenvalue weighted by Crippen LogP contribution is 2.32. The van der Waals surface area contributed by atoms with Crippen LogP contribution in [0.2, 0.25) is 0 Å². The first-order valence-corrected chi connectivity index (χ1v) is 14.1. The maximum absolute atomic E-state index is 11.9. The summed E-state index contributed by atoms with van der Waals surface area (Å²) in [4.78, 5) is 15.2. The lowest BCUT2D eigenvalue weighted by Gasteiger charge is -2.07. The van der Waals surface area contributed by atoms with Crippen molar-refractivity contribution in [2.75, 3.05) is 6.61 Å². The second kappa shape index (κ2) is 17.5. The number of unbranched alkanes of at least 4 members (excludes halogenated alkanes) is 15. The number of H-pyrrole nitrogens is 1. The van der Waals surface area contributed by atoms with E-state index < -0.39 is 6.16 Å². The Kier molecular flexibility index (Phi) is 14.5. The molecule has 0 fully saturated rings. The van der Waals surface area contributed by atoms with Crippen LogP contribution in [0.3, 0.4) is 0 Å². The van der Waals surface area contributed by atoms with E-state index in [-0.39, 0.29) is 0 Å². The van der Waals surface area contributed by atoms with E-state index in [9.17, 15) is 4.79 Å². The Morgan fingerprint density at radius 2 is 1.29 bits per heavy atom. The predicted octanol–water partition coefficient (Wildman–Crippen LogP) is 9.82. The van der Waals surface area contributed by atoms with Crippen LogP contribution in [0.1, 0.15) is 128 Å². The molecule has 0 saturated carbocycles. The van der Waals surface area contributed by atoms with Crippen LogP contribution in [-0.2, 0) is 11.2 Å². The van der Waals surface area contributed by atoms with Crippen molar-refractivity contribution in [1.82, 2.24) is 4.98 Å². The first kappa shape index (κ1) is 28.3. The summed E-state index contributed by atoms with van der Waals surface area (Å²) in [7, 11) is 0. The van der Waals surface area contributed by atoms with E-state index in [1.54, 1.807) is 6.92 Å². The number of aromatic nitrogens is 1. The largest absolute Gasteiger partial charge is 0.515 e. The molecule has 0 radical (unpaired) electrons. The van der Waals surface area contributed by atoms with Gasteiger partial charge in [-0.1, -0.05) is 115 Å². The average molecular weight is 472 g/mol. The normalized spacial score (nSPS) is 11.3. The first-order chi connectivity index (χ1) is 16.7. The maximum atomic E-state index is 11.9. The second-order valence-electron chi connectivity index (χ2n) is 9.77. The molecule has 1 N–H and O–H groups in total. The highest BCUT2D eigenvalue weighted by atomic mass is 16.7. The molecule has 34 heavy (non-hydrogen) atoms. The van der Waals surface area contributed by atoms with Crippen molar-refractivity contribution in [3.63, 3.8) is 0 Å². The van der Waals surface area contributed by atoms with Crippen molar-refractivity contribution in [3.8, 4) is 5.88 Å². The summed E-state index contributed by atoms with van der Waals surface area (Å²) in [6.45, 7) is 6.49. The van der Waals surface area contributed by atoms with Crippen molar-refractivity contribution in [1.29, 1.82) is 0 Å². The van der Waals surface area contributed by atoms with Crippen LogP contribution in [0, 0.1) is 6.92 Å². The number of hydrogen-bond acceptors (Lipinski definition) is 3. The monoisotopic (exact) mass is 471 g/mol. The van der Waals surface area contributed by atoms with Gasteiger partial charge in [0.15, 0.2) is 0 Å². The molecule has 1 heterocycles. The van der Waals surface area contributed by atoms with Crippen LogP contribution in [0.5, 0.6) is 5.88 Å². The molecule has 1 aromatic heterocycles. The third kappa shape index (κ3) is 10.5. The van der Waals surface area contributed by atoms with E-state index >= 15 is 0 Å². The molecule has 4 heteroatoms. The Morgan fingerprint density at radius 3 is 1.82 bits per heavy atom. The van der Waals surface area contributed by atoms with E-state index in [1.807, 2.05) is 12.1 Å². The third-order valence-corrected chi connectivity index (χ3v) is 6.82. The number of aromatic amines is 1. The number of rotatable bonds is 19. The zero-order valence-corrected chi connectivity index (χ0v) is 22.2. The molecule has 0 bridgehead atoms. The topological polar surface area (TPSA) is 51.3 Å². The number of hydrogen-bond donors (Lipinski definition) is 1. The molecule has 1 aromatic carbocycles. The molecule has 0 aliphatic heterocycles. The Hall–Kier alpha value is -1.97. The smallest absolute Gasteiger partial charge is 0.434 e. The van der Waals surface area contributed by atoms with Gasteiger partial charge in [-0.3, -0.25) is 0 Å². The van der Waals surface area contributed by atoms with Gasteiger partial charge >= 0.3 is 6.16 Å². The highest BCUT2D eigenvalue weighted by Gasteiger charge is 2.17. The first-order valence-electron chi connectivity index (χ1n) is 14.1. The van der Waals surface area contributed by atoms with Gasteiger partial charge in [-0.25, -0.2) is 4.79 Å². The minimum absolute atomic E-state index is 0.312. The van der Waals surface area contributed by atoms with Gasteiger partial charge in [0.05, 0.1) is 6.61 Å². The van der Waals surface area contributed by atoms with Crippen LogP contribution < -0.4 is 4.74 Å². The fraction of sp³-hybridized carbons (Fsp3) is 0.700. The van der Waals surface area contributed by atoms with Gasteiger partial charge in [0, 0.05) is 16.5 Å². The summed E-state index contributed by atoms with van der Waals surface area (Å²) in [5, 5.41) is 1.18. The van der Waals surface area contributed by atoms with Crippen molar-refractivity contribution < 1.29 is 14.3 Å². The molecular weight excluding hydrogens is 422 g/mol. The van der Waals surface area contributed by atoms with E-state index in [0.29, 0.717) is 12.5 Å². The van der Waals surface area contributed by atoms with Crippen LogP contribution in [0.25, 0.3) is 10.9 Å². The molecule has 0 unspecified atom stereocenters. The molecule has 0 amide bonds. The SMILES string of the molecule is CCCCCCCCCCCCCCCCCCc1c(OC(=O)OCC)[nH]c2cccc(C)c12. The van der Waals surface area contributed by atoms with Crippen molar-refractivity contribution in [3.05, 3.63) is 29.3 Å². The van der Waals surface area contributed by atoms with Crippen LogP contribution in [0.15, 0.2) is 18.2 Å². The molecule has 2 rings (SSSR count). The minimum Gasteiger partial charge on any atom is -0.434 e. The van der Waals surface area contributed by atoms with Gasteiger partial charge in [-0.2, -0.15) is 0 Å². The summed E-state index contributed by atoms with van der Waals surface area (Å²) in [6, 6.07) is 6.18. The second-order valence-corrected chi connectivity index (χ2v) is 9.77. The van der Waals surface area contributed by atoms with Gasteiger partial charge in [-0.15, -0.1) is 0 Å². The predicted molar refractivity (Wildman–Crippen MR) is 144 cm³/mol. The Balaban J connectivity index is 1.59. The number of benzene rings is 1. The van der Waals surface area contributed by atoms with Crippen LogP contribution >= 0.6 is 0 Å². The molecule has 2 aromatic rings. The van der Waals surface area contributed by atoms with Crippen molar-refractivity contribution >= 4 is 17.1 Å². The molecular formula is C30H49NO3. The van der Waals surface area contributed by atoms with Gasteiger partial charge in [-0.05, 0) is 38.3 Å². The fourth-order valence-electron chi connectivity index (χ4n) is 4.89. The van der Waals surface area contributed by atoms with Gasteiger partial charge in [0.2, 0.25) is 5.88 Å². The fourth-order valence-corrected chi connectivity index (χ4v) is 4.89. The molecule has 0 saturated heterocycles. The van der Waals surface area contributed by atoms with E-state index in [1.165, 1.54) is 107 Å². The lowest BCUT2D eigenvalue weighted by Crippen LogP contribution is -2.11. The number of nitrogens with one attached hydrogen (secondary N) is 1. The van der Waals surface area contributed by atoms with Gasteiger partial charge < -0.3 is 14.5 Å². The summed E-state index contributed by atoms with van der Waals surface area (Å²) in [5.41, 5.74) is 3.33. The summed E-state index contributed by atoms with van der Waals surface area (Å²) in [5.74, 6) is 0.545. The van der Waals surface area contributed by atoms with Gasteiger partial charge in [0.1, 0.15) is 0 Å². The standard InChI is InChI=1S/C30H49NO3/c1-4-6-7-8-9-10-11-12-13-14-15-16-17-18-19-20-23-26-28-25(3)22-21-24-27(28)31-29(26)34-30(32)33-5-2/h21-22,24,31H,4-20,23H2,1-3H3. The Labute approximate surface area is 208 Å². The number of carbonyl (C=O) groups is 1. The molecule has 0 atom stereocenters. The van der Waals surface area contributed by atoms with E-state index in [0.717, 1.165) is 23.9 Å². The molecule has 192 valence electrons. The third-order valence-electron chi connectivity index (χ3n) is 6.82. The number of fused-ring (bicyclic) bond motifs is 1. The Morgan fingerprint density at radius 1 is 0.765 bits per heavy atom. The van der Waals surface area contributed by atoms with Crippen molar-refractivity contribution in [2.45, 2.75) is 130 Å². The molecule has 0 aliphatic rings. The molecule has 4 nitrogen and oxygen atoms in total. The number of carbonyl (C=O) groups excluding carboxylic acids is 1. The molecule has 0 spiro atoms. The van der Waals surface area contributed by atoms with Gasteiger partial charge in [0.25, 0.3) is 0 Å². The summed E-state index contributed by atoms with van der Waals surface area (Å²) in [6.07, 6.45) is 22.1. The van der Waals surface area contributed by atoms with E-state index in [2.05, 4.69) is 24.9 Å². The number of ether oxygens (including phenoxy) is 2. The molecule has 0 aliphatic carbocycles. The number of aryl methyl sites for hydroxylation is 2. The average Bonchev–Trinajstić information content (AvgIpc) is 3.17. The zero-order chi connectivity index (χ0) is 24.4. The minimum atomic E-state index is -0.639.